The molecule has 11 nitrogen and oxygen atoms in total. The van der Waals surface area contributed by atoms with Gasteiger partial charge in [-0.2, -0.15) is 13.2 Å². The van der Waals surface area contributed by atoms with Crippen LogP contribution in [-0.4, -0.2) is 48.7 Å². The van der Waals surface area contributed by atoms with Crippen molar-refractivity contribution in [3.05, 3.63) is 45.1 Å². The van der Waals surface area contributed by atoms with Crippen molar-refractivity contribution in [2.75, 3.05) is 25.1 Å². The summed E-state index contributed by atoms with van der Waals surface area (Å²) in [6.45, 7) is 2.05. The second-order valence-electron chi connectivity index (χ2n) is 6.43. The van der Waals surface area contributed by atoms with Crippen molar-refractivity contribution in [3.8, 4) is 0 Å². The van der Waals surface area contributed by atoms with Gasteiger partial charge in [-0.3, -0.25) is 14.9 Å². The summed E-state index contributed by atoms with van der Waals surface area (Å²) in [6, 6.07) is 0.447. The van der Waals surface area contributed by atoms with E-state index in [4.69, 9.17) is 9.47 Å². The molecule has 14 heteroatoms. The first-order valence-corrected chi connectivity index (χ1v) is 9.16. The molecular formula is C18H19F3N4O7. The highest BCUT2D eigenvalue weighted by molar-refractivity contribution is 5.94. The zero-order chi connectivity index (χ0) is 24.1. The first-order valence-electron chi connectivity index (χ1n) is 9.16. The van der Waals surface area contributed by atoms with Gasteiger partial charge < -0.3 is 25.4 Å². The van der Waals surface area contributed by atoms with E-state index in [1.54, 1.807) is 6.92 Å². The number of carbonyl (C=O) groups is 3. The SMILES string of the molecule is CCOC(=O)C1=C(COC(=O)CNc2ccc(C(F)(F)F)cc2[N+](=O)[O-])NC(=O)N[C@@H]1C. The van der Waals surface area contributed by atoms with E-state index in [9.17, 15) is 37.7 Å². The molecule has 32 heavy (non-hydrogen) atoms. The predicted molar refractivity (Wildman–Crippen MR) is 102 cm³/mol. The smallest absolute Gasteiger partial charge is 0.416 e. The minimum atomic E-state index is -4.77. The van der Waals surface area contributed by atoms with Crippen molar-refractivity contribution in [1.82, 2.24) is 10.6 Å². The van der Waals surface area contributed by atoms with Crippen LogP contribution in [0.15, 0.2) is 29.5 Å². The Morgan fingerprint density at radius 1 is 1.28 bits per heavy atom. The summed E-state index contributed by atoms with van der Waals surface area (Å²) in [5, 5.41) is 18.2. The number of nitrogens with one attached hydrogen (secondary N) is 3. The van der Waals surface area contributed by atoms with E-state index in [1.807, 2.05) is 0 Å². The molecule has 2 rings (SSSR count). The molecule has 1 aliphatic rings. The lowest BCUT2D eigenvalue weighted by Gasteiger charge is -2.26. The van der Waals surface area contributed by atoms with Crippen LogP contribution in [0.4, 0.5) is 29.3 Å². The largest absolute Gasteiger partial charge is 0.463 e. The van der Waals surface area contributed by atoms with Crippen LogP contribution < -0.4 is 16.0 Å². The van der Waals surface area contributed by atoms with E-state index >= 15 is 0 Å². The number of esters is 2. The first-order chi connectivity index (χ1) is 14.9. The number of carbonyl (C=O) groups excluding carboxylic acids is 3. The number of urea groups is 1. The average molecular weight is 460 g/mol. The molecule has 0 bridgehead atoms. The van der Waals surface area contributed by atoms with Crippen LogP contribution in [0, 0.1) is 10.1 Å². The van der Waals surface area contributed by atoms with Crippen LogP contribution in [0.5, 0.6) is 0 Å². The molecule has 2 amide bonds. The quantitative estimate of drug-likeness (QED) is 0.303. The highest BCUT2D eigenvalue weighted by atomic mass is 19.4. The Kier molecular flexibility index (Phi) is 7.62. The highest BCUT2D eigenvalue weighted by Gasteiger charge is 2.33. The molecule has 1 aromatic rings. The Bertz CT molecular complexity index is 962. The number of hydrogen-bond acceptors (Lipinski definition) is 8. The van der Waals surface area contributed by atoms with Crippen LogP contribution >= 0.6 is 0 Å². The molecule has 0 saturated carbocycles. The minimum absolute atomic E-state index is 0.00596. The number of nitrogens with zero attached hydrogens (tertiary/aromatic N) is 1. The second-order valence-corrected chi connectivity index (χ2v) is 6.43. The van der Waals surface area contributed by atoms with E-state index in [1.165, 1.54) is 6.92 Å². The molecule has 1 atom stereocenters. The molecule has 0 saturated heterocycles. The van der Waals surface area contributed by atoms with Crippen LogP contribution in [0.2, 0.25) is 0 Å². The molecule has 1 heterocycles. The monoisotopic (exact) mass is 460 g/mol. The summed E-state index contributed by atoms with van der Waals surface area (Å²) in [6.07, 6.45) is -4.77. The molecule has 0 aromatic heterocycles. The zero-order valence-electron chi connectivity index (χ0n) is 16.9. The van der Waals surface area contributed by atoms with Crippen molar-refractivity contribution < 1.29 is 42.0 Å². The number of amides is 2. The normalized spacial score (nSPS) is 16.0. The van der Waals surface area contributed by atoms with Crippen LogP contribution in [0.1, 0.15) is 19.4 Å². The van der Waals surface area contributed by atoms with Gasteiger partial charge in [0.05, 0.1) is 34.4 Å². The van der Waals surface area contributed by atoms with Gasteiger partial charge in [0.1, 0.15) is 18.8 Å². The number of anilines is 1. The van der Waals surface area contributed by atoms with Crippen LogP contribution in [-0.2, 0) is 25.2 Å². The van der Waals surface area contributed by atoms with Gasteiger partial charge in [-0.1, -0.05) is 0 Å². The molecule has 0 spiro atoms. The first kappa shape index (κ1) is 24.4. The lowest BCUT2D eigenvalue weighted by atomic mass is 10.0. The number of benzene rings is 1. The van der Waals surface area contributed by atoms with Crippen molar-refractivity contribution in [1.29, 1.82) is 0 Å². The number of halogens is 3. The topological polar surface area (TPSA) is 149 Å². The number of nitro groups is 1. The van der Waals surface area contributed by atoms with Gasteiger partial charge in [-0.05, 0) is 26.0 Å². The summed E-state index contributed by atoms with van der Waals surface area (Å²) in [4.78, 5) is 45.9. The maximum Gasteiger partial charge on any atom is 0.416 e. The molecule has 0 fully saturated rings. The highest BCUT2D eigenvalue weighted by Crippen LogP contribution is 2.34. The van der Waals surface area contributed by atoms with Crippen molar-refractivity contribution in [2.24, 2.45) is 0 Å². The molecule has 0 aliphatic carbocycles. The molecule has 0 radical (unpaired) electrons. The van der Waals surface area contributed by atoms with Crippen molar-refractivity contribution in [3.63, 3.8) is 0 Å². The van der Waals surface area contributed by atoms with Crippen molar-refractivity contribution >= 4 is 29.3 Å². The number of alkyl halides is 3. The number of rotatable bonds is 8. The minimum Gasteiger partial charge on any atom is -0.463 e. The summed E-state index contributed by atoms with van der Waals surface area (Å²) in [7, 11) is 0. The van der Waals surface area contributed by atoms with Gasteiger partial charge >= 0.3 is 24.1 Å². The Labute approximate surface area is 179 Å². The third-order valence-corrected chi connectivity index (χ3v) is 4.19. The van der Waals surface area contributed by atoms with E-state index in [0.717, 1.165) is 6.07 Å². The fourth-order valence-corrected chi connectivity index (χ4v) is 2.77. The third kappa shape index (κ3) is 6.09. The van der Waals surface area contributed by atoms with Gasteiger partial charge in [0.15, 0.2) is 0 Å². The molecule has 174 valence electrons. The van der Waals surface area contributed by atoms with E-state index in [0.29, 0.717) is 12.1 Å². The summed E-state index contributed by atoms with van der Waals surface area (Å²) in [5.74, 6) is -1.67. The lowest BCUT2D eigenvalue weighted by molar-refractivity contribution is -0.384. The maximum atomic E-state index is 12.8. The maximum absolute atomic E-state index is 12.8. The lowest BCUT2D eigenvalue weighted by Crippen LogP contribution is -2.50. The summed E-state index contributed by atoms with van der Waals surface area (Å²) < 4.78 is 48.2. The number of hydrogen-bond donors (Lipinski definition) is 3. The number of nitro benzene ring substituents is 1. The van der Waals surface area contributed by atoms with Crippen LogP contribution in [0.3, 0.4) is 0 Å². The van der Waals surface area contributed by atoms with E-state index in [2.05, 4.69) is 16.0 Å². The fourth-order valence-electron chi connectivity index (χ4n) is 2.77. The fraction of sp³-hybridized carbons (Fsp3) is 0.389. The van der Waals surface area contributed by atoms with Gasteiger partial charge in [0.2, 0.25) is 0 Å². The predicted octanol–water partition coefficient (Wildman–Crippen LogP) is 2.09. The summed E-state index contributed by atoms with van der Waals surface area (Å²) in [5.41, 5.74) is -2.37. The molecular weight excluding hydrogens is 441 g/mol. The molecule has 3 N–H and O–H groups in total. The Balaban J connectivity index is 2.08. The average Bonchev–Trinajstić information content (AvgIpc) is 2.69. The third-order valence-electron chi connectivity index (χ3n) is 4.19. The molecule has 1 aromatic carbocycles. The molecule has 1 aliphatic heterocycles. The Morgan fingerprint density at radius 3 is 2.56 bits per heavy atom. The van der Waals surface area contributed by atoms with Gasteiger partial charge in [0, 0.05) is 6.07 Å². The van der Waals surface area contributed by atoms with E-state index in [-0.39, 0.29) is 23.6 Å². The van der Waals surface area contributed by atoms with E-state index < -0.39 is 59.5 Å². The summed E-state index contributed by atoms with van der Waals surface area (Å²) >= 11 is 0. The molecule has 0 unspecified atom stereocenters. The Morgan fingerprint density at radius 2 is 1.97 bits per heavy atom. The standard InChI is InChI=1S/C18H19F3N4O7/c1-3-31-16(27)15-9(2)23-17(28)24-12(15)8-32-14(26)7-22-11-5-4-10(18(19,20)21)6-13(11)25(29)30/h4-6,9,22H,3,7-8H2,1-2H3,(H2,23,24,28)/t9-/m1/s1. The van der Waals surface area contributed by atoms with Crippen molar-refractivity contribution in [2.45, 2.75) is 26.1 Å². The Hall–Kier alpha value is -3.84. The van der Waals surface area contributed by atoms with Gasteiger partial charge in [0.25, 0.3) is 5.69 Å². The van der Waals surface area contributed by atoms with Gasteiger partial charge in [-0.15, -0.1) is 0 Å². The second kappa shape index (κ2) is 9.98. The van der Waals surface area contributed by atoms with Gasteiger partial charge in [-0.25, -0.2) is 9.59 Å². The van der Waals surface area contributed by atoms with Crippen LogP contribution in [0.25, 0.3) is 0 Å². The number of ether oxygens (including phenoxy) is 2. The zero-order valence-corrected chi connectivity index (χ0v) is 16.9.